The van der Waals surface area contributed by atoms with Crippen molar-refractivity contribution in [1.29, 1.82) is 0 Å². The summed E-state index contributed by atoms with van der Waals surface area (Å²) in [5, 5.41) is 8.63. The average molecular weight is 326 g/mol. The Kier molecular flexibility index (Phi) is 4.89. The van der Waals surface area contributed by atoms with Crippen molar-refractivity contribution in [2.24, 2.45) is 5.73 Å². The van der Waals surface area contributed by atoms with Crippen LogP contribution in [-0.2, 0) is 0 Å². The summed E-state index contributed by atoms with van der Waals surface area (Å²) < 4.78 is 37.3. The SMILES string of the molecule is COc1cc([C@@H](N)C(F)(F)CO)cc(OC)c1Br. The van der Waals surface area contributed by atoms with Gasteiger partial charge < -0.3 is 20.3 Å². The third-order valence-corrected chi connectivity index (χ3v) is 3.27. The summed E-state index contributed by atoms with van der Waals surface area (Å²) >= 11 is 3.22. The number of aliphatic hydroxyl groups excluding tert-OH is 1. The molecule has 0 aliphatic heterocycles. The summed E-state index contributed by atoms with van der Waals surface area (Å²) in [6.45, 7) is -1.32. The van der Waals surface area contributed by atoms with Crippen LogP contribution in [0.1, 0.15) is 11.6 Å². The molecule has 102 valence electrons. The maximum absolute atomic E-state index is 13.3. The summed E-state index contributed by atoms with van der Waals surface area (Å²) in [5.74, 6) is -2.76. The number of aliphatic hydroxyl groups is 1. The minimum Gasteiger partial charge on any atom is -0.495 e. The highest BCUT2D eigenvalue weighted by atomic mass is 79.9. The largest absolute Gasteiger partial charge is 0.495 e. The number of alkyl halides is 2. The summed E-state index contributed by atoms with van der Waals surface area (Å²) in [5.41, 5.74) is 5.56. The van der Waals surface area contributed by atoms with Gasteiger partial charge in [0.2, 0.25) is 0 Å². The first-order valence-corrected chi connectivity index (χ1v) is 5.82. The van der Waals surface area contributed by atoms with Gasteiger partial charge in [-0.25, -0.2) is 8.78 Å². The van der Waals surface area contributed by atoms with Crippen LogP contribution in [0.15, 0.2) is 16.6 Å². The van der Waals surface area contributed by atoms with Crippen molar-refractivity contribution in [3.63, 3.8) is 0 Å². The third-order valence-electron chi connectivity index (χ3n) is 2.49. The van der Waals surface area contributed by atoms with E-state index in [0.29, 0.717) is 16.0 Å². The molecule has 0 aromatic heterocycles. The first-order valence-electron chi connectivity index (χ1n) is 5.03. The lowest BCUT2D eigenvalue weighted by molar-refractivity contribution is -0.0712. The topological polar surface area (TPSA) is 64.7 Å². The maximum atomic E-state index is 13.3. The van der Waals surface area contributed by atoms with E-state index in [1.165, 1.54) is 26.4 Å². The van der Waals surface area contributed by atoms with Gasteiger partial charge in [-0.2, -0.15) is 0 Å². The van der Waals surface area contributed by atoms with Crippen LogP contribution in [0.4, 0.5) is 8.78 Å². The highest BCUT2D eigenvalue weighted by molar-refractivity contribution is 9.10. The van der Waals surface area contributed by atoms with E-state index in [1.807, 2.05) is 0 Å². The van der Waals surface area contributed by atoms with E-state index >= 15 is 0 Å². The average Bonchev–Trinajstić information content (AvgIpc) is 2.38. The van der Waals surface area contributed by atoms with Crippen LogP contribution < -0.4 is 15.2 Å². The second-order valence-corrected chi connectivity index (χ2v) is 4.43. The van der Waals surface area contributed by atoms with Crippen molar-refractivity contribution in [3.8, 4) is 11.5 Å². The van der Waals surface area contributed by atoms with E-state index in [4.69, 9.17) is 20.3 Å². The number of rotatable bonds is 5. The van der Waals surface area contributed by atoms with Crippen LogP contribution in [-0.4, -0.2) is 31.9 Å². The quantitative estimate of drug-likeness (QED) is 0.870. The zero-order valence-electron chi connectivity index (χ0n) is 9.91. The van der Waals surface area contributed by atoms with Gasteiger partial charge in [-0.1, -0.05) is 0 Å². The van der Waals surface area contributed by atoms with E-state index in [-0.39, 0.29) is 5.56 Å². The normalized spacial score (nSPS) is 13.3. The maximum Gasteiger partial charge on any atom is 0.289 e. The Bertz CT molecular complexity index is 404. The summed E-state index contributed by atoms with van der Waals surface area (Å²) in [7, 11) is 2.80. The van der Waals surface area contributed by atoms with Gasteiger partial charge in [0.05, 0.1) is 20.3 Å². The summed E-state index contributed by atoms with van der Waals surface area (Å²) in [6, 6.07) is 1.11. The third kappa shape index (κ3) is 2.90. The van der Waals surface area contributed by atoms with Crippen LogP contribution in [0.2, 0.25) is 0 Å². The highest BCUT2D eigenvalue weighted by Gasteiger charge is 2.38. The zero-order chi connectivity index (χ0) is 13.9. The first kappa shape index (κ1) is 15.1. The Hall–Kier alpha value is -0.920. The van der Waals surface area contributed by atoms with Crippen LogP contribution in [0, 0.1) is 0 Å². The molecule has 0 fully saturated rings. The van der Waals surface area contributed by atoms with E-state index in [0.717, 1.165) is 0 Å². The lowest BCUT2D eigenvalue weighted by Crippen LogP contribution is -2.36. The minimum absolute atomic E-state index is 0.117. The predicted molar refractivity (Wildman–Crippen MR) is 66.2 cm³/mol. The molecule has 0 unspecified atom stereocenters. The highest BCUT2D eigenvalue weighted by Crippen LogP contribution is 2.39. The molecule has 18 heavy (non-hydrogen) atoms. The van der Waals surface area contributed by atoms with Gasteiger partial charge in [-0.15, -0.1) is 0 Å². The van der Waals surface area contributed by atoms with Gasteiger partial charge in [-0.3, -0.25) is 0 Å². The van der Waals surface area contributed by atoms with E-state index in [2.05, 4.69) is 15.9 Å². The number of benzene rings is 1. The number of nitrogens with two attached hydrogens (primary N) is 1. The summed E-state index contributed by atoms with van der Waals surface area (Å²) in [4.78, 5) is 0. The molecule has 0 bridgehead atoms. The van der Waals surface area contributed by atoms with E-state index < -0.39 is 18.6 Å². The summed E-state index contributed by atoms with van der Waals surface area (Å²) in [6.07, 6.45) is 0. The van der Waals surface area contributed by atoms with Crippen LogP contribution >= 0.6 is 15.9 Å². The molecule has 0 amide bonds. The molecule has 1 rings (SSSR count). The van der Waals surface area contributed by atoms with Gasteiger partial charge >= 0.3 is 0 Å². The molecule has 4 nitrogen and oxygen atoms in total. The molecule has 0 heterocycles. The van der Waals surface area contributed by atoms with E-state index in [9.17, 15) is 8.78 Å². The van der Waals surface area contributed by atoms with Crippen LogP contribution in [0.3, 0.4) is 0 Å². The zero-order valence-corrected chi connectivity index (χ0v) is 11.5. The van der Waals surface area contributed by atoms with Crippen LogP contribution in [0.5, 0.6) is 11.5 Å². The fraction of sp³-hybridized carbons (Fsp3) is 0.455. The number of ether oxygens (including phenoxy) is 2. The van der Waals surface area contributed by atoms with Gasteiger partial charge in [0, 0.05) is 0 Å². The predicted octanol–water partition coefficient (Wildman–Crippen LogP) is 2.09. The monoisotopic (exact) mass is 325 g/mol. The molecule has 1 atom stereocenters. The van der Waals surface area contributed by atoms with Crippen molar-refractivity contribution < 1.29 is 23.4 Å². The fourth-order valence-corrected chi connectivity index (χ4v) is 1.96. The van der Waals surface area contributed by atoms with Gasteiger partial charge in [-0.05, 0) is 33.6 Å². The van der Waals surface area contributed by atoms with Crippen molar-refractivity contribution in [1.82, 2.24) is 0 Å². The first-order chi connectivity index (χ1) is 8.37. The second-order valence-electron chi connectivity index (χ2n) is 3.64. The molecular formula is C11H14BrF2NO3. The molecule has 0 aliphatic carbocycles. The molecule has 0 saturated heterocycles. The Morgan fingerprint density at radius 3 is 2.11 bits per heavy atom. The second kappa shape index (κ2) is 5.81. The standard InChI is InChI=1S/C11H14BrF2NO3/c1-17-7-3-6(4-8(18-2)9(7)12)10(15)11(13,14)5-16/h3-4,10,16H,5,15H2,1-2H3/t10-/m1/s1. The number of hydrogen-bond donors (Lipinski definition) is 2. The van der Waals surface area contributed by atoms with Gasteiger partial charge in [0.1, 0.15) is 22.6 Å². The molecule has 3 N–H and O–H groups in total. The molecule has 1 aromatic rings. The molecule has 1 aromatic carbocycles. The molecule has 0 saturated carbocycles. The lowest BCUT2D eigenvalue weighted by Gasteiger charge is -2.23. The fourth-order valence-electron chi connectivity index (χ4n) is 1.41. The molecule has 7 heteroatoms. The minimum atomic E-state index is -3.41. The lowest BCUT2D eigenvalue weighted by atomic mass is 10.0. The Balaban J connectivity index is 3.25. The number of hydrogen-bond acceptors (Lipinski definition) is 4. The van der Waals surface area contributed by atoms with Crippen molar-refractivity contribution in [2.45, 2.75) is 12.0 Å². The van der Waals surface area contributed by atoms with Crippen molar-refractivity contribution in [2.75, 3.05) is 20.8 Å². The van der Waals surface area contributed by atoms with Crippen LogP contribution in [0.25, 0.3) is 0 Å². The van der Waals surface area contributed by atoms with E-state index in [1.54, 1.807) is 0 Å². The molecule has 0 radical (unpaired) electrons. The van der Waals surface area contributed by atoms with Crippen molar-refractivity contribution in [3.05, 3.63) is 22.2 Å². The Labute approximate surface area is 112 Å². The number of methoxy groups -OCH3 is 2. The van der Waals surface area contributed by atoms with Gasteiger partial charge in [0.15, 0.2) is 0 Å². The molecule has 0 spiro atoms. The smallest absolute Gasteiger partial charge is 0.289 e. The number of halogens is 3. The Morgan fingerprint density at radius 1 is 1.33 bits per heavy atom. The van der Waals surface area contributed by atoms with Crippen molar-refractivity contribution >= 4 is 15.9 Å². The Morgan fingerprint density at radius 2 is 1.78 bits per heavy atom. The van der Waals surface area contributed by atoms with Gasteiger partial charge in [0.25, 0.3) is 5.92 Å². The molecular weight excluding hydrogens is 312 g/mol. The molecule has 0 aliphatic rings.